The first kappa shape index (κ1) is 13.1. The third-order valence-corrected chi connectivity index (χ3v) is 2.85. The molecule has 6 heteroatoms. The van der Waals surface area contributed by atoms with E-state index in [1.807, 2.05) is 19.2 Å². The van der Waals surface area contributed by atoms with Crippen LogP contribution in [0.4, 0.5) is 11.5 Å². The minimum Gasteiger partial charge on any atom is -0.467 e. The van der Waals surface area contributed by atoms with E-state index in [0.29, 0.717) is 16.4 Å². The fraction of sp³-hybridized carbons (Fsp3) is 0.154. The molecule has 2 rings (SSSR count). The molecule has 0 unspecified atom stereocenters. The fourth-order valence-corrected chi connectivity index (χ4v) is 1.78. The van der Waals surface area contributed by atoms with Gasteiger partial charge in [0.15, 0.2) is 5.82 Å². The second-order valence-electron chi connectivity index (χ2n) is 3.75. The SMILES string of the molecule is COc1ncc(Cl)c(N(C)c2ccc(C#N)cc2)n1. The highest BCUT2D eigenvalue weighted by Gasteiger charge is 2.12. The van der Waals surface area contributed by atoms with Crippen LogP contribution in [0.2, 0.25) is 5.02 Å². The molecule has 2 aromatic rings. The van der Waals surface area contributed by atoms with Crippen LogP contribution < -0.4 is 9.64 Å². The van der Waals surface area contributed by atoms with Gasteiger partial charge in [-0.2, -0.15) is 10.2 Å². The molecule has 0 saturated carbocycles. The first-order chi connectivity index (χ1) is 9.15. The van der Waals surface area contributed by atoms with Gasteiger partial charge >= 0.3 is 6.01 Å². The highest BCUT2D eigenvalue weighted by Crippen LogP contribution is 2.29. The molecule has 0 radical (unpaired) electrons. The van der Waals surface area contributed by atoms with Gasteiger partial charge in [0.25, 0.3) is 0 Å². The third-order valence-electron chi connectivity index (χ3n) is 2.59. The summed E-state index contributed by atoms with van der Waals surface area (Å²) in [6.07, 6.45) is 1.49. The van der Waals surface area contributed by atoms with Gasteiger partial charge in [0, 0.05) is 12.7 Å². The lowest BCUT2D eigenvalue weighted by Crippen LogP contribution is -2.12. The molecule has 5 nitrogen and oxygen atoms in total. The van der Waals surface area contributed by atoms with Crippen molar-refractivity contribution in [2.75, 3.05) is 19.1 Å². The van der Waals surface area contributed by atoms with E-state index < -0.39 is 0 Å². The lowest BCUT2D eigenvalue weighted by atomic mass is 10.2. The third kappa shape index (κ3) is 2.75. The Kier molecular flexibility index (Phi) is 3.83. The summed E-state index contributed by atoms with van der Waals surface area (Å²) in [5, 5.41) is 9.20. The number of nitriles is 1. The summed E-state index contributed by atoms with van der Waals surface area (Å²) < 4.78 is 4.98. The van der Waals surface area contributed by atoms with Gasteiger partial charge in [-0.05, 0) is 24.3 Å². The Hall–Kier alpha value is -2.32. The number of benzene rings is 1. The van der Waals surface area contributed by atoms with E-state index in [1.54, 1.807) is 17.0 Å². The number of rotatable bonds is 3. The summed E-state index contributed by atoms with van der Waals surface area (Å²) in [6, 6.07) is 9.44. The molecule has 0 spiro atoms. The lowest BCUT2D eigenvalue weighted by molar-refractivity contribution is 0.380. The molecule has 0 aliphatic carbocycles. The minimum atomic E-state index is 0.250. The maximum atomic E-state index is 8.77. The van der Waals surface area contributed by atoms with E-state index in [4.69, 9.17) is 21.6 Å². The maximum Gasteiger partial charge on any atom is 0.318 e. The Morgan fingerprint density at radius 1 is 1.32 bits per heavy atom. The summed E-state index contributed by atoms with van der Waals surface area (Å²) in [7, 11) is 3.32. The van der Waals surface area contributed by atoms with Crippen molar-refractivity contribution < 1.29 is 4.74 Å². The van der Waals surface area contributed by atoms with Crippen molar-refractivity contribution in [1.29, 1.82) is 5.26 Å². The first-order valence-corrected chi connectivity index (χ1v) is 5.84. The molecule has 0 N–H and O–H groups in total. The Labute approximate surface area is 116 Å². The van der Waals surface area contributed by atoms with E-state index in [2.05, 4.69) is 16.0 Å². The predicted octanol–water partition coefficient (Wildman–Crippen LogP) is 2.78. The van der Waals surface area contributed by atoms with Gasteiger partial charge in [0.05, 0.1) is 24.9 Å². The Bertz CT molecular complexity index is 622. The normalized spacial score (nSPS) is 9.79. The summed E-state index contributed by atoms with van der Waals surface area (Å²) in [5.74, 6) is 0.540. The highest BCUT2D eigenvalue weighted by molar-refractivity contribution is 6.32. The van der Waals surface area contributed by atoms with E-state index >= 15 is 0 Å². The van der Waals surface area contributed by atoms with Crippen molar-refractivity contribution in [2.45, 2.75) is 0 Å². The molecule has 1 aromatic heterocycles. The lowest BCUT2D eigenvalue weighted by Gasteiger charge is -2.19. The van der Waals surface area contributed by atoms with Gasteiger partial charge in [-0.15, -0.1) is 0 Å². The second-order valence-corrected chi connectivity index (χ2v) is 4.15. The van der Waals surface area contributed by atoms with Gasteiger partial charge in [0.2, 0.25) is 0 Å². The Morgan fingerprint density at radius 2 is 2.00 bits per heavy atom. The number of aromatic nitrogens is 2. The average molecular weight is 275 g/mol. The second kappa shape index (κ2) is 5.55. The van der Waals surface area contributed by atoms with E-state index in [0.717, 1.165) is 5.69 Å². The van der Waals surface area contributed by atoms with Crippen molar-refractivity contribution in [3.8, 4) is 12.1 Å². The molecule has 0 amide bonds. The van der Waals surface area contributed by atoms with Gasteiger partial charge < -0.3 is 9.64 Å². The first-order valence-electron chi connectivity index (χ1n) is 5.46. The number of anilines is 2. The minimum absolute atomic E-state index is 0.250. The van der Waals surface area contributed by atoms with Crippen molar-refractivity contribution in [3.05, 3.63) is 41.0 Å². The molecule has 0 fully saturated rings. The summed E-state index contributed by atoms with van der Waals surface area (Å²) in [4.78, 5) is 9.93. The Morgan fingerprint density at radius 3 is 2.58 bits per heavy atom. The molecule has 0 saturated heterocycles. The number of methoxy groups -OCH3 is 1. The number of hydrogen-bond donors (Lipinski definition) is 0. The van der Waals surface area contributed by atoms with Crippen LogP contribution in [0.25, 0.3) is 0 Å². The van der Waals surface area contributed by atoms with E-state index in [-0.39, 0.29) is 6.01 Å². The van der Waals surface area contributed by atoms with Gasteiger partial charge in [-0.3, -0.25) is 0 Å². The van der Waals surface area contributed by atoms with Crippen LogP contribution in [0.1, 0.15) is 5.56 Å². The summed E-state index contributed by atoms with van der Waals surface area (Å²) >= 11 is 6.08. The molecule has 1 heterocycles. The number of halogens is 1. The standard InChI is InChI=1S/C13H11ClN4O/c1-18(10-5-3-9(7-15)4-6-10)12-11(14)8-16-13(17-12)19-2/h3-6,8H,1-2H3. The summed E-state index contributed by atoms with van der Waals surface area (Å²) in [5.41, 5.74) is 1.46. The van der Waals surface area contributed by atoms with Crippen LogP contribution in [-0.4, -0.2) is 24.1 Å². The van der Waals surface area contributed by atoms with E-state index in [9.17, 15) is 0 Å². The zero-order valence-electron chi connectivity index (χ0n) is 10.5. The molecule has 1 aromatic carbocycles. The molecular formula is C13H11ClN4O. The van der Waals surface area contributed by atoms with Gasteiger partial charge in [-0.25, -0.2) is 4.98 Å². The van der Waals surface area contributed by atoms with Crippen molar-refractivity contribution in [1.82, 2.24) is 9.97 Å². The molecule has 0 atom stereocenters. The predicted molar refractivity (Wildman–Crippen MR) is 72.8 cm³/mol. The van der Waals surface area contributed by atoms with Crippen LogP contribution >= 0.6 is 11.6 Å². The van der Waals surface area contributed by atoms with Crippen molar-refractivity contribution in [2.24, 2.45) is 0 Å². The van der Waals surface area contributed by atoms with Crippen LogP contribution in [0.15, 0.2) is 30.5 Å². The zero-order valence-corrected chi connectivity index (χ0v) is 11.2. The fourth-order valence-electron chi connectivity index (χ4n) is 1.56. The van der Waals surface area contributed by atoms with Gasteiger partial charge in [0.1, 0.15) is 5.02 Å². The van der Waals surface area contributed by atoms with Crippen molar-refractivity contribution in [3.63, 3.8) is 0 Å². The molecule has 96 valence electrons. The molecule has 19 heavy (non-hydrogen) atoms. The van der Waals surface area contributed by atoms with Gasteiger partial charge in [-0.1, -0.05) is 11.6 Å². The molecular weight excluding hydrogens is 264 g/mol. The van der Waals surface area contributed by atoms with Crippen LogP contribution in [-0.2, 0) is 0 Å². The number of nitrogens with zero attached hydrogens (tertiary/aromatic N) is 4. The van der Waals surface area contributed by atoms with Crippen molar-refractivity contribution >= 4 is 23.1 Å². The smallest absolute Gasteiger partial charge is 0.318 e. The number of hydrogen-bond acceptors (Lipinski definition) is 5. The Balaban J connectivity index is 2.37. The quantitative estimate of drug-likeness (QED) is 0.861. The van der Waals surface area contributed by atoms with E-state index in [1.165, 1.54) is 13.3 Å². The maximum absolute atomic E-state index is 8.77. The van der Waals surface area contributed by atoms with Crippen LogP contribution in [0.5, 0.6) is 6.01 Å². The monoisotopic (exact) mass is 274 g/mol. The van der Waals surface area contributed by atoms with Crippen LogP contribution in [0, 0.1) is 11.3 Å². The zero-order chi connectivity index (χ0) is 13.8. The summed E-state index contributed by atoms with van der Waals surface area (Å²) in [6.45, 7) is 0. The largest absolute Gasteiger partial charge is 0.467 e. The molecule has 0 aliphatic rings. The number of ether oxygens (including phenoxy) is 1. The van der Waals surface area contributed by atoms with Crippen LogP contribution in [0.3, 0.4) is 0 Å². The molecule has 0 bridgehead atoms. The average Bonchev–Trinajstić information content (AvgIpc) is 2.47. The topological polar surface area (TPSA) is 62.0 Å². The highest BCUT2D eigenvalue weighted by atomic mass is 35.5. The molecule has 0 aliphatic heterocycles.